The number of halogens is 1. The predicted octanol–water partition coefficient (Wildman–Crippen LogP) is 3.79. The summed E-state index contributed by atoms with van der Waals surface area (Å²) in [5.74, 6) is -0.490. The molecule has 21 heavy (non-hydrogen) atoms. The number of aromatic carboxylic acids is 1. The monoisotopic (exact) mass is 302 g/mol. The van der Waals surface area contributed by atoms with E-state index in [-0.39, 0.29) is 5.56 Å². The van der Waals surface area contributed by atoms with Gasteiger partial charge in [-0.3, -0.25) is 4.98 Å². The number of fused-ring (bicyclic) bond motifs is 1. The fourth-order valence-electron chi connectivity index (χ4n) is 2.06. The van der Waals surface area contributed by atoms with Crippen molar-refractivity contribution in [1.82, 2.24) is 4.98 Å². The normalized spacial score (nSPS) is 10.7. The predicted molar refractivity (Wildman–Crippen MR) is 79.7 cm³/mol. The first-order valence-corrected chi connectivity index (χ1v) is 6.60. The standard InChI is InChI=1S/C15H11ClN2O3/c16-11-4-9-2-1-3-17-14(9)13(6-11)18-7-12-5-10(8-21-12)15(19)20/h1-6,8,18H,7H2,(H,19,20). The van der Waals surface area contributed by atoms with Crippen molar-refractivity contribution in [3.05, 3.63) is 59.1 Å². The van der Waals surface area contributed by atoms with Crippen LogP contribution in [0.1, 0.15) is 16.1 Å². The third-order valence-electron chi connectivity index (χ3n) is 3.02. The van der Waals surface area contributed by atoms with Gasteiger partial charge in [0.2, 0.25) is 0 Å². The highest BCUT2D eigenvalue weighted by atomic mass is 35.5. The molecule has 5 nitrogen and oxygen atoms in total. The maximum absolute atomic E-state index is 10.8. The highest BCUT2D eigenvalue weighted by Crippen LogP contribution is 2.26. The number of nitrogens with zero attached hydrogens (tertiary/aromatic N) is 1. The molecule has 0 unspecified atom stereocenters. The summed E-state index contributed by atoms with van der Waals surface area (Å²) >= 11 is 6.08. The Morgan fingerprint density at radius 1 is 1.38 bits per heavy atom. The molecular weight excluding hydrogens is 292 g/mol. The molecular formula is C15H11ClN2O3. The topological polar surface area (TPSA) is 75.4 Å². The van der Waals surface area contributed by atoms with Gasteiger partial charge in [-0.1, -0.05) is 17.7 Å². The number of nitrogens with one attached hydrogen (secondary N) is 1. The molecule has 0 saturated heterocycles. The van der Waals surface area contributed by atoms with Gasteiger partial charge in [-0.2, -0.15) is 0 Å². The quantitative estimate of drug-likeness (QED) is 0.767. The van der Waals surface area contributed by atoms with Gasteiger partial charge in [-0.05, 0) is 24.3 Å². The molecule has 0 bridgehead atoms. The van der Waals surface area contributed by atoms with E-state index in [4.69, 9.17) is 21.1 Å². The van der Waals surface area contributed by atoms with Crippen molar-refractivity contribution in [3.63, 3.8) is 0 Å². The molecule has 0 atom stereocenters. The molecule has 2 N–H and O–H groups in total. The van der Waals surface area contributed by atoms with Crippen LogP contribution in [0.3, 0.4) is 0 Å². The van der Waals surface area contributed by atoms with Gasteiger partial charge in [0, 0.05) is 16.6 Å². The largest absolute Gasteiger partial charge is 0.478 e. The number of carboxylic acids is 1. The lowest BCUT2D eigenvalue weighted by molar-refractivity contribution is 0.0696. The maximum atomic E-state index is 10.8. The van der Waals surface area contributed by atoms with Crippen molar-refractivity contribution >= 4 is 34.2 Å². The average Bonchev–Trinajstić information content (AvgIpc) is 2.93. The highest BCUT2D eigenvalue weighted by molar-refractivity contribution is 6.31. The van der Waals surface area contributed by atoms with Crippen LogP contribution in [0.15, 0.2) is 47.2 Å². The molecule has 0 aliphatic heterocycles. The molecule has 0 saturated carbocycles. The number of hydrogen-bond acceptors (Lipinski definition) is 4. The number of anilines is 1. The minimum absolute atomic E-state index is 0.126. The minimum Gasteiger partial charge on any atom is -0.478 e. The number of furan rings is 1. The number of benzene rings is 1. The van der Waals surface area contributed by atoms with Gasteiger partial charge in [0.25, 0.3) is 0 Å². The summed E-state index contributed by atoms with van der Waals surface area (Å²) in [5, 5.41) is 13.5. The molecule has 0 aliphatic carbocycles. The lowest BCUT2D eigenvalue weighted by Gasteiger charge is -2.08. The van der Waals surface area contributed by atoms with Gasteiger partial charge in [0.05, 0.1) is 23.3 Å². The fourth-order valence-corrected chi connectivity index (χ4v) is 2.28. The van der Waals surface area contributed by atoms with Crippen LogP contribution in [0.4, 0.5) is 5.69 Å². The first-order chi connectivity index (χ1) is 10.1. The summed E-state index contributed by atoms with van der Waals surface area (Å²) in [6, 6.07) is 8.86. The number of hydrogen-bond donors (Lipinski definition) is 2. The molecule has 1 aromatic carbocycles. The highest BCUT2D eigenvalue weighted by Gasteiger charge is 2.09. The van der Waals surface area contributed by atoms with E-state index in [0.29, 0.717) is 17.3 Å². The molecule has 0 aliphatic rings. The van der Waals surface area contributed by atoms with E-state index in [1.807, 2.05) is 18.2 Å². The first kappa shape index (κ1) is 13.5. The van der Waals surface area contributed by atoms with Crippen molar-refractivity contribution in [2.75, 3.05) is 5.32 Å². The van der Waals surface area contributed by atoms with Gasteiger partial charge >= 0.3 is 5.97 Å². The van der Waals surface area contributed by atoms with Gasteiger partial charge in [-0.15, -0.1) is 0 Å². The van der Waals surface area contributed by atoms with Crippen LogP contribution >= 0.6 is 11.6 Å². The number of aromatic nitrogens is 1. The maximum Gasteiger partial charge on any atom is 0.338 e. The summed E-state index contributed by atoms with van der Waals surface area (Å²) in [5.41, 5.74) is 1.69. The summed E-state index contributed by atoms with van der Waals surface area (Å²) in [7, 11) is 0. The molecule has 2 aromatic heterocycles. The minimum atomic E-state index is -1.01. The van der Waals surface area contributed by atoms with Crippen LogP contribution < -0.4 is 5.32 Å². The van der Waals surface area contributed by atoms with Crippen molar-refractivity contribution in [2.24, 2.45) is 0 Å². The van der Waals surface area contributed by atoms with E-state index in [1.165, 1.54) is 12.3 Å². The van der Waals surface area contributed by atoms with E-state index < -0.39 is 5.97 Å². The molecule has 0 fully saturated rings. The first-order valence-electron chi connectivity index (χ1n) is 6.22. The number of carboxylic acid groups (broad SMARTS) is 1. The Balaban J connectivity index is 1.86. The second-order valence-electron chi connectivity index (χ2n) is 4.49. The Bertz CT molecular complexity index is 814. The van der Waals surface area contributed by atoms with Crippen molar-refractivity contribution in [1.29, 1.82) is 0 Å². The Morgan fingerprint density at radius 2 is 2.24 bits per heavy atom. The van der Waals surface area contributed by atoms with Crippen LogP contribution in [0.25, 0.3) is 10.9 Å². The molecule has 2 heterocycles. The fraction of sp³-hybridized carbons (Fsp3) is 0.0667. The Labute approximate surface area is 125 Å². The number of pyridine rings is 1. The SMILES string of the molecule is O=C(O)c1coc(CNc2cc(Cl)cc3cccnc23)c1. The third-order valence-corrected chi connectivity index (χ3v) is 3.24. The summed E-state index contributed by atoms with van der Waals surface area (Å²) < 4.78 is 5.19. The molecule has 106 valence electrons. The third kappa shape index (κ3) is 2.83. The molecule has 0 amide bonds. The molecule has 3 aromatic rings. The molecule has 3 rings (SSSR count). The molecule has 6 heteroatoms. The molecule has 0 radical (unpaired) electrons. The zero-order valence-corrected chi connectivity index (χ0v) is 11.6. The van der Waals surface area contributed by atoms with E-state index >= 15 is 0 Å². The zero-order chi connectivity index (χ0) is 14.8. The lowest BCUT2D eigenvalue weighted by Crippen LogP contribution is -2.00. The van der Waals surface area contributed by atoms with Crippen molar-refractivity contribution in [2.45, 2.75) is 6.54 Å². The van der Waals surface area contributed by atoms with Crippen LogP contribution in [-0.2, 0) is 6.54 Å². The smallest absolute Gasteiger partial charge is 0.338 e. The van der Waals surface area contributed by atoms with Crippen LogP contribution in [0.2, 0.25) is 5.02 Å². The van der Waals surface area contributed by atoms with Crippen LogP contribution in [-0.4, -0.2) is 16.1 Å². The lowest BCUT2D eigenvalue weighted by atomic mass is 10.2. The zero-order valence-electron chi connectivity index (χ0n) is 10.8. The van der Waals surface area contributed by atoms with Gasteiger partial charge in [-0.25, -0.2) is 4.79 Å². The van der Waals surface area contributed by atoms with Crippen LogP contribution in [0, 0.1) is 0 Å². The second-order valence-corrected chi connectivity index (χ2v) is 4.93. The summed E-state index contributed by atoms with van der Waals surface area (Å²) in [4.78, 5) is 15.1. The van der Waals surface area contributed by atoms with E-state index in [2.05, 4.69) is 10.3 Å². The Morgan fingerprint density at radius 3 is 3.00 bits per heavy atom. The summed E-state index contributed by atoms with van der Waals surface area (Å²) in [6.07, 6.45) is 2.92. The van der Waals surface area contributed by atoms with E-state index in [1.54, 1.807) is 12.3 Å². The van der Waals surface area contributed by atoms with Crippen molar-refractivity contribution < 1.29 is 14.3 Å². The Kier molecular flexibility index (Phi) is 3.50. The van der Waals surface area contributed by atoms with Gasteiger partial charge in [0.1, 0.15) is 12.0 Å². The van der Waals surface area contributed by atoms with E-state index in [9.17, 15) is 4.79 Å². The van der Waals surface area contributed by atoms with Gasteiger partial charge in [0.15, 0.2) is 0 Å². The van der Waals surface area contributed by atoms with Gasteiger partial charge < -0.3 is 14.8 Å². The molecule has 0 spiro atoms. The van der Waals surface area contributed by atoms with Crippen LogP contribution in [0.5, 0.6) is 0 Å². The average molecular weight is 303 g/mol. The number of carbonyl (C=O) groups is 1. The van der Waals surface area contributed by atoms with Crippen molar-refractivity contribution in [3.8, 4) is 0 Å². The van der Waals surface area contributed by atoms with E-state index in [0.717, 1.165) is 16.6 Å². The summed E-state index contributed by atoms with van der Waals surface area (Å²) in [6.45, 7) is 0.347. The Hall–Kier alpha value is -2.53. The number of rotatable bonds is 4. The second kappa shape index (κ2) is 5.46.